The fourth-order valence-electron chi connectivity index (χ4n) is 3.41. The molecule has 0 radical (unpaired) electrons. The Kier molecular flexibility index (Phi) is 5.08. The monoisotopic (exact) mass is 389 g/mol. The van der Waals surface area contributed by atoms with Crippen LogP contribution in [0.5, 0.6) is 11.5 Å². The lowest BCUT2D eigenvalue weighted by atomic mass is 9.99. The van der Waals surface area contributed by atoms with Crippen LogP contribution in [-0.2, 0) is 12.8 Å². The minimum absolute atomic E-state index is 0.145. The zero-order valence-corrected chi connectivity index (χ0v) is 16.0. The number of ether oxygens (including phenoxy) is 1. The molecule has 0 bridgehead atoms. The molecule has 2 heterocycles. The molecule has 5 nitrogen and oxygen atoms in total. The molecule has 0 unspecified atom stereocenters. The van der Waals surface area contributed by atoms with E-state index in [0.717, 1.165) is 22.4 Å². The topological polar surface area (TPSA) is 78.1 Å². The molecular formula is C23H20FN3O2. The first-order chi connectivity index (χ1) is 14.0. The summed E-state index contributed by atoms with van der Waals surface area (Å²) in [6.45, 7) is 1.97. The fourth-order valence-corrected chi connectivity index (χ4v) is 3.41. The summed E-state index contributed by atoms with van der Waals surface area (Å²) in [5.74, 6) is 0.539. The number of allylic oxidation sites excluding steroid dienone is 1. The van der Waals surface area contributed by atoms with Crippen molar-refractivity contribution >= 4 is 12.0 Å². The van der Waals surface area contributed by atoms with Gasteiger partial charge in [0.05, 0.1) is 11.9 Å². The van der Waals surface area contributed by atoms with Crippen molar-refractivity contribution in [3.63, 3.8) is 0 Å². The number of benzene rings is 1. The Morgan fingerprint density at radius 3 is 2.79 bits per heavy atom. The summed E-state index contributed by atoms with van der Waals surface area (Å²) in [6.07, 6.45) is 6.48. The van der Waals surface area contributed by atoms with Crippen LogP contribution in [0.2, 0.25) is 0 Å². The van der Waals surface area contributed by atoms with E-state index in [0.29, 0.717) is 42.0 Å². The van der Waals surface area contributed by atoms with E-state index in [1.807, 2.05) is 25.1 Å². The number of nitrogens with zero attached hydrogens (tertiary/aromatic N) is 2. The van der Waals surface area contributed by atoms with Gasteiger partial charge in [-0.05, 0) is 48.7 Å². The van der Waals surface area contributed by atoms with Crippen LogP contribution < -0.4 is 10.5 Å². The van der Waals surface area contributed by atoms with Gasteiger partial charge >= 0.3 is 0 Å². The second-order valence-electron chi connectivity index (χ2n) is 6.87. The average Bonchev–Trinajstić information content (AvgIpc) is 2.73. The fraction of sp³-hybridized carbons (Fsp3) is 0.174. The Morgan fingerprint density at radius 2 is 2.00 bits per heavy atom. The van der Waals surface area contributed by atoms with Crippen molar-refractivity contribution in [1.82, 2.24) is 9.97 Å². The van der Waals surface area contributed by atoms with Crippen molar-refractivity contribution in [2.45, 2.75) is 26.2 Å². The first kappa shape index (κ1) is 18.8. The van der Waals surface area contributed by atoms with Crippen LogP contribution in [-0.4, -0.2) is 15.9 Å². The highest BCUT2D eigenvalue weighted by molar-refractivity contribution is 5.95. The van der Waals surface area contributed by atoms with Gasteiger partial charge in [0.15, 0.2) is 0 Å². The molecule has 29 heavy (non-hydrogen) atoms. The zero-order valence-electron chi connectivity index (χ0n) is 16.0. The molecular weight excluding hydrogens is 369 g/mol. The molecule has 0 saturated heterocycles. The van der Waals surface area contributed by atoms with E-state index in [1.165, 1.54) is 6.08 Å². The molecule has 1 amide bonds. The van der Waals surface area contributed by atoms with Gasteiger partial charge in [-0.1, -0.05) is 13.0 Å². The van der Waals surface area contributed by atoms with E-state index in [-0.39, 0.29) is 5.83 Å². The summed E-state index contributed by atoms with van der Waals surface area (Å²) in [7, 11) is 0. The molecule has 4 rings (SSSR count). The second kappa shape index (κ2) is 7.83. The average molecular weight is 389 g/mol. The van der Waals surface area contributed by atoms with Crippen LogP contribution in [0.1, 0.15) is 40.5 Å². The molecule has 1 aromatic carbocycles. The maximum absolute atomic E-state index is 13.6. The molecule has 2 aromatic heterocycles. The predicted molar refractivity (Wildman–Crippen MR) is 109 cm³/mol. The third kappa shape index (κ3) is 4.01. The van der Waals surface area contributed by atoms with Gasteiger partial charge < -0.3 is 10.5 Å². The van der Waals surface area contributed by atoms with Gasteiger partial charge in [0, 0.05) is 41.1 Å². The third-order valence-corrected chi connectivity index (χ3v) is 4.91. The first-order valence-corrected chi connectivity index (χ1v) is 9.45. The van der Waals surface area contributed by atoms with E-state index in [1.54, 1.807) is 30.6 Å². The summed E-state index contributed by atoms with van der Waals surface area (Å²) in [5.41, 5.74) is 10.0. The highest BCUT2D eigenvalue weighted by atomic mass is 19.1. The molecule has 146 valence electrons. The first-order valence-electron chi connectivity index (χ1n) is 9.45. The summed E-state index contributed by atoms with van der Waals surface area (Å²) in [4.78, 5) is 20.4. The van der Waals surface area contributed by atoms with Gasteiger partial charge in [0.1, 0.15) is 17.3 Å². The zero-order chi connectivity index (χ0) is 20.4. The van der Waals surface area contributed by atoms with E-state index in [2.05, 4.69) is 9.97 Å². The Balaban J connectivity index is 1.62. The molecule has 0 spiro atoms. The molecule has 0 fully saturated rings. The van der Waals surface area contributed by atoms with Crippen molar-refractivity contribution in [3.8, 4) is 22.8 Å². The SMILES string of the molecule is CCc1cc(-c2cc(Oc3cnc4c(c3)C=C(F)CC4)ccn2)ccc1C(N)=O. The number of aryl methyl sites for hydroxylation is 2. The number of carbonyl (C=O) groups excluding carboxylic acids is 1. The molecule has 3 aromatic rings. The number of primary amides is 1. The smallest absolute Gasteiger partial charge is 0.248 e. The minimum Gasteiger partial charge on any atom is -0.456 e. The summed E-state index contributed by atoms with van der Waals surface area (Å²) in [6, 6.07) is 10.8. The Bertz CT molecular complexity index is 1120. The number of hydrogen-bond donors (Lipinski definition) is 1. The molecule has 1 aliphatic carbocycles. The minimum atomic E-state index is -0.441. The van der Waals surface area contributed by atoms with Crippen molar-refractivity contribution in [3.05, 3.63) is 77.0 Å². The number of aromatic nitrogens is 2. The standard InChI is InChI=1S/C23H20FN3O2/c1-2-14-9-15(3-5-20(14)23(25)28)22-12-18(7-8-26-22)29-19-11-16-10-17(24)4-6-21(16)27-13-19/h3,5,7-13H,2,4,6H2,1H3,(H2,25,28). The number of halogens is 1. The number of fused-ring (bicyclic) bond motifs is 1. The van der Waals surface area contributed by atoms with Crippen molar-refractivity contribution in [2.75, 3.05) is 0 Å². The summed E-state index contributed by atoms with van der Waals surface area (Å²) >= 11 is 0. The van der Waals surface area contributed by atoms with E-state index in [9.17, 15) is 9.18 Å². The van der Waals surface area contributed by atoms with Crippen molar-refractivity contribution in [2.24, 2.45) is 5.73 Å². The number of carbonyl (C=O) groups is 1. The highest BCUT2D eigenvalue weighted by Crippen LogP contribution is 2.30. The lowest BCUT2D eigenvalue weighted by Gasteiger charge is -2.13. The predicted octanol–water partition coefficient (Wildman–Crippen LogP) is 4.85. The van der Waals surface area contributed by atoms with Gasteiger partial charge in [-0.15, -0.1) is 0 Å². The number of nitrogens with two attached hydrogens (primary N) is 1. The summed E-state index contributed by atoms with van der Waals surface area (Å²) < 4.78 is 19.5. The lowest BCUT2D eigenvalue weighted by Crippen LogP contribution is -2.13. The van der Waals surface area contributed by atoms with Crippen LogP contribution in [0.25, 0.3) is 17.3 Å². The molecule has 0 atom stereocenters. The molecule has 0 aliphatic heterocycles. The second-order valence-corrected chi connectivity index (χ2v) is 6.87. The van der Waals surface area contributed by atoms with E-state index >= 15 is 0 Å². The maximum atomic E-state index is 13.6. The van der Waals surface area contributed by atoms with E-state index < -0.39 is 5.91 Å². The lowest BCUT2D eigenvalue weighted by molar-refractivity contribution is 0.0999. The van der Waals surface area contributed by atoms with Crippen molar-refractivity contribution < 1.29 is 13.9 Å². The van der Waals surface area contributed by atoms with Gasteiger partial charge in [0.2, 0.25) is 5.91 Å². The number of pyridine rings is 2. The largest absolute Gasteiger partial charge is 0.456 e. The quantitative estimate of drug-likeness (QED) is 0.676. The summed E-state index contributed by atoms with van der Waals surface area (Å²) in [5, 5.41) is 0. The Morgan fingerprint density at radius 1 is 1.14 bits per heavy atom. The van der Waals surface area contributed by atoms with Crippen LogP contribution in [0, 0.1) is 0 Å². The number of hydrogen-bond acceptors (Lipinski definition) is 4. The van der Waals surface area contributed by atoms with Crippen LogP contribution in [0.4, 0.5) is 4.39 Å². The maximum Gasteiger partial charge on any atom is 0.248 e. The van der Waals surface area contributed by atoms with Crippen LogP contribution in [0.15, 0.2) is 54.6 Å². The van der Waals surface area contributed by atoms with Crippen LogP contribution >= 0.6 is 0 Å². The van der Waals surface area contributed by atoms with Crippen LogP contribution in [0.3, 0.4) is 0 Å². The molecule has 2 N–H and O–H groups in total. The number of rotatable bonds is 5. The Hall–Kier alpha value is -3.54. The van der Waals surface area contributed by atoms with E-state index in [4.69, 9.17) is 10.5 Å². The Labute approximate surface area is 168 Å². The normalized spacial score (nSPS) is 12.8. The number of amides is 1. The van der Waals surface area contributed by atoms with Crippen molar-refractivity contribution in [1.29, 1.82) is 0 Å². The highest BCUT2D eigenvalue weighted by Gasteiger charge is 2.13. The molecule has 6 heteroatoms. The van der Waals surface area contributed by atoms with Gasteiger partial charge in [0.25, 0.3) is 0 Å². The molecule has 1 aliphatic rings. The molecule has 0 saturated carbocycles. The van der Waals surface area contributed by atoms with Gasteiger partial charge in [-0.2, -0.15) is 0 Å². The van der Waals surface area contributed by atoms with Gasteiger partial charge in [-0.25, -0.2) is 4.39 Å². The van der Waals surface area contributed by atoms with Gasteiger partial charge in [-0.3, -0.25) is 14.8 Å². The third-order valence-electron chi connectivity index (χ3n) is 4.91.